The van der Waals surface area contributed by atoms with Crippen molar-refractivity contribution in [2.75, 3.05) is 67.6 Å². The average molecular weight is 729 g/mol. The molecule has 284 valence electrons. The van der Waals surface area contributed by atoms with Crippen LogP contribution in [-0.4, -0.2) is 112 Å². The predicted octanol–water partition coefficient (Wildman–Crippen LogP) is 3.97. The molecule has 0 radical (unpaired) electrons. The van der Waals surface area contributed by atoms with Gasteiger partial charge in [0.2, 0.25) is 11.8 Å². The van der Waals surface area contributed by atoms with Crippen molar-refractivity contribution >= 4 is 29.8 Å². The van der Waals surface area contributed by atoms with Crippen molar-refractivity contribution in [3.05, 3.63) is 64.7 Å². The van der Waals surface area contributed by atoms with E-state index in [0.29, 0.717) is 45.2 Å². The molecule has 2 heterocycles. The van der Waals surface area contributed by atoms with Crippen LogP contribution in [0, 0.1) is 5.92 Å². The van der Waals surface area contributed by atoms with Gasteiger partial charge in [0.15, 0.2) is 0 Å². The molecular weight excluding hydrogens is 676 g/mol. The Bertz CT molecular complexity index is 1840. The summed E-state index contributed by atoms with van der Waals surface area (Å²) in [5.74, 6) is 1.49. The Balaban J connectivity index is 1.31. The number of likely N-dealkylation sites (N-methyl/N-ethyl adjacent to an activating group) is 1. The number of rotatable bonds is 17. The Morgan fingerprint density at radius 1 is 1.04 bits per heavy atom. The SMILES string of the molecule is CCCN(Cc1ncc(-c2ccc3c(c2)COc2cc4c(cc2-3)CCC(N=CCN(C[C@@H](C)COC)C(=O)CNC)=C4NC)[nH]1)C(=O)CNC(=O)OC. The number of carbonyl (C=O) groups is 3. The summed E-state index contributed by atoms with van der Waals surface area (Å²) in [5, 5.41) is 8.79. The van der Waals surface area contributed by atoms with Crippen LogP contribution in [0.1, 0.15) is 49.2 Å². The van der Waals surface area contributed by atoms with Crippen LogP contribution in [0.15, 0.2) is 47.2 Å². The topological polar surface area (TPSA) is 163 Å². The molecule has 1 aromatic heterocycles. The summed E-state index contributed by atoms with van der Waals surface area (Å²) in [6.45, 7) is 7.02. The minimum Gasteiger partial charge on any atom is -0.488 e. The van der Waals surface area contributed by atoms with Gasteiger partial charge in [0.25, 0.3) is 0 Å². The first-order valence-electron chi connectivity index (χ1n) is 18.1. The summed E-state index contributed by atoms with van der Waals surface area (Å²) in [4.78, 5) is 53.2. The number of ether oxygens (including phenoxy) is 3. The summed E-state index contributed by atoms with van der Waals surface area (Å²) in [5.41, 5.74) is 9.27. The number of aryl methyl sites for hydroxylation is 1. The molecule has 1 aliphatic heterocycles. The lowest BCUT2D eigenvalue weighted by Crippen LogP contribution is -2.41. The fourth-order valence-electron chi connectivity index (χ4n) is 6.80. The number of nitrogens with one attached hydrogen (secondary N) is 4. The molecule has 0 spiro atoms. The van der Waals surface area contributed by atoms with Crippen LogP contribution in [0.3, 0.4) is 0 Å². The van der Waals surface area contributed by atoms with Crippen molar-refractivity contribution in [2.45, 2.75) is 46.3 Å². The number of hydrogen-bond donors (Lipinski definition) is 4. The molecule has 0 bridgehead atoms. The lowest BCUT2D eigenvalue weighted by molar-refractivity contribution is -0.131. The summed E-state index contributed by atoms with van der Waals surface area (Å²) in [6.07, 6.45) is 5.32. The second-order valence-corrected chi connectivity index (χ2v) is 13.3. The molecule has 0 saturated heterocycles. The first kappa shape index (κ1) is 39.0. The van der Waals surface area contributed by atoms with Crippen molar-refractivity contribution in [3.8, 4) is 28.1 Å². The molecule has 14 nitrogen and oxygen atoms in total. The van der Waals surface area contributed by atoms with E-state index in [1.807, 2.05) is 25.1 Å². The third-order valence-corrected chi connectivity index (χ3v) is 9.33. The first-order chi connectivity index (χ1) is 25.7. The Hall–Kier alpha value is -5.21. The molecule has 0 fully saturated rings. The van der Waals surface area contributed by atoms with Crippen molar-refractivity contribution in [1.29, 1.82) is 0 Å². The van der Waals surface area contributed by atoms with E-state index in [1.54, 1.807) is 25.3 Å². The number of hydrogen-bond acceptors (Lipinski definition) is 10. The Morgan fingerprint density at radius 2 is 1.85 bits per heavy atom. The number of fused-ring (bicyclic) bond motifs is 4. The molecule has 4 N–H and O–H groups in total. The van der Waals surface area contributed by atoms with Crippen LogP contribution in [0.5, 0.6) is 5.75 Å². The van der Waals surface area contributed by atoms with E-state index in [1.165, 1.54) is 12.7 Å². The number of nitrogens with zero attached hydrogens (tertiary/aromatic N) is 4. The molecule has 2 aliphatic rings. The van der Waals surface area contributed by atoms with Gasteiger partial charge in [-0.3, -0.25) is 14.6 Å². The van der Waals surface area contributed by atoms with E-state index in [9.17, 15) is 14.4 Å². The van der Waals surface area contributed by atoms with Gasteiger partial charge in [0, 0.05) is 44.6 Å². The van der Waals surface area contributed by atoms with Crippen molar-refractivity contribution in [1.82, 2.24) is 35.7 Å². The summed E-state index contributed by atoms with van der Waals surface area (Å²) in [6, 6.07) is 10.7. The van der Waals surface area contributed by atoms with E-state index < -0.39 is 6.09 Å². The number of H-pyrrole nitrogens is 1. The van der Waals surface area contributed by atoms with Gasteiger partial charge in [-0.2, -0.15) is 0 Å². The highest BCUT2D eigenvalue weighted by molar-refractivity contribution is 5.85. The number of benzene rings is 2. The standard InChI is InChI=1S/C39H52N8O6/c1-7-13-46(37(49)20-44-39(50)52-6)22-35-43-18-33(45-35)27-8-10-29-28(15-27)24-53-34-17-30-26(16-31(29)34)9-11-32(38(30)41-4)42-12-14-47(36(48)19-40-3)21-25(2)23-51-5/h8,10,12,15-18,25,40-41H,7,9,11,13-14,19-24H2,1-6H3,(H,43,45)(H,44,50)/t25-/m1/s1. The highest BCUT2D eigenvalue weighted by Crippen LogP contribution is 2.43. The smallest absolute Gasteiger partial charge is 0.407 e. The van der Waals surface area contributed by atoms with Crippen molar-refractivity contribution in [2.24, 2.45) is 10.9 Å². The summed E-state index contributed by atoms with van der Waals surface area (Å²) in [7, 11) is 6.62. The molecule has 1 atom stereocenters. The highest BCUT2D eigenvalue weighted by atomic mass is 16.5. The minimum absolute atomic E-state index is 0.0270. The maximum absolute atomic E-state index is 12.8. The van der Waals surface area contributed by atoms with Crippen LogP contribution >= 0.6 is 0 Å². The fourth-order valence-corrected chi connectivity index (χ4v) is 6.80. The quantitative estimate of drug-likeness (QED) is 0.151. The van der Waals surface area contributed by atoms with Gasteiger partial charge in [-0.15, -0.1) is 0 Å². The number of aliphatic imine (C=N–C) groups is 1. The maximum Gasteiger partial charge on any atom is 0.407 e. The minimum atomic E-state index is -0.647. The summed E-state index contributed by atoms with van der Waals surface area (Å²) < 4.78 is 16.2. The van der Waals surface area contributed by atoms with Gasteiger partial charge in [-0.05, 0) is 72.7 Å². The van der Waals surface area contributed by atoms with E-state index in [2.05, 4.69) is 67.9 Å². The number of methoxy groups -OCH3 is 2. The molecule has 5 rings (SSSR count). The average Bonchev–Trinajstić information content (AvgIpc) is 3.63. The zero-order valence-corrected chi connectivity index (χ0v) is 31.6. The van der Waals surface area contributed by atoms with Crippen LogP contribution in [-0.2, 0) is 38.6 Å². The second-order valence-electron chi connectivity index (χ2n) is 13.3. The lowest BCUT2D eigenvalue weighted by atomic mass is 9.86. The van der Waals surface area contributed by atoms with Crippen LogP contribution in [0.4, 0.5) is 4.79 Å². The van der Waals surface area contributed by atoms with Crippen LogP contribution in [0.2, 0.25) is 0 Å². The number of aromatic amines is 1. The number of allylic oxidation sites excluding steroid dienone is 1. The molecule has 0 saturated carbocycles. The molecule has 2 aromatic carbocycles. The second kappa shape index (κ2) is 18.5. The normalized spacial score (nSPS) is 13.8. The van der Waals surface area contributed by atoms with Gasteiger partial charge in [0.1, 0.15) is 24.7 Å². The lowest BCUT2D eigenvalue weighted by Gasteiger charge is -2.27. The van der Waals surface area contributed by atoms with Gasteiger partial charge in [-0.25, -0.2) is 9.78 Å². The third kappa shape index (κ3) is 9.62. The molecular formula is C39H52N8O6. The van der Waals surface area contributed by atoms with E-state index in [-0.39, 0.29) is 30.8 Å². The number of carbonyl (C=O) groups excluding carboxylic acids is 3. The van der Waals surface area contributed by atoms with E-state index >= 15 is 0 Å². The first-order valence-corrected chi connectivity index (χ1v) is 18.1. The van der Waals surface area contributed by atoms with E-state index in [0.717, 1.165) is 69.9 Å². The number of imidazole rings is 1. The molecule has 3 aromatic rings. The largest absolute Gasteiger partial charge is 0.488 e. The molecule has 53 heavy (non-hydrogen) atoms. The van der Waals surface area contributed by atoms with Crippen molar-refractivity contribution < 1.29 is 28.6 Å². The zero-order chi connectivity index (χ0) is 37.9. The van der Waals surface area contributed by atoms with Gasteiger partial charge >= 0.3 is 6.09 Å². The molecule has 3 amide bonds. The van der Waals surface area contributed by atoms with Gasteiger partial charge in [-0.1, -0.05) is 26.0 Å². The monoisotopic (exact) mass is 728 g/mol. The Labute approximate surface area is 311 Å². The molecule has 1 aliphatic carbocycles. The fraction of sp³-hybridized carbons (Fsp3) is 0.462. The zero-order valence-electron chi connectivity index (χ0n) is 31.6. The number of aromatic nitrogens is 2. The third-order valence-electron chi connectivity index (χ3n) is 9.33. The molecule has 0 unspecified atom stereocenters. The summed E-state index contributed by atoms with van der Waals surface area (Å²) >= 11 is 0. The Morgan fingerprint density at radius 3 is 2.58 bits per heavy atom. The van der Waals surface area contributed by atoms with Gasteiger partial charge in [0.05, 0.1) is 56.6 Å². The van der Waals surface area contributed by atoms with Gasteiger partial charge < -0.3 is 44.9 Å². The number of amides is 3. The number of alkyl carbamates (subject to hydrolysis) is 1. The molecule has 14 heteroatoms. The Kier molecular flexibility index (Phi) is 13.6. The van der Waals surface area contributed by atoms with E-state index in [4.69, 9.17) is 14.5 Å². The van der Waals surface area contributed by atoms with Crippen LogP contribution < -0.4 is 20.7 Å². The van der Waals surface area contributed by atoms with Crippen molar-refractivity contribution in [3.63, 3.8) is 0 Å². The van der Waals surface area contributed by atoms with Crippen LogP contribution in [0.25, 0.3) is 28.1 Å². The maximum atomic E-state index is 12.8. The highest BCUT2D eigenvalue weighted by Gasteiger charge is 2.26. The predicted molar refractivity (Wildman–Crippen MR) is 204 cm³/mol.